The number of aryl methyl sites for hydroxylation is 1. The molecule has 0 saturated carbocycles. The molecule has 0 heterocycles. The molecule has 0 unspecified atom stereocenters. The molecule has 4 nitrogen and oxygen atoms in total. The smallest absolute Gasteiger partial charge is 0.428 e. The Hall–Kier alpha value is -1.36. The average Bonchev–Trinajstić information content (AvgIpc) is 2.29. The van der Waals surface area contributed by atoms with Crippen molar-refractivity contribution in [2.45, 2.75) is 33.3 Å². The zero-order valence-electron chi connectivity index (χ0n) is 10.7. The van der Waals surface area contributed by atoms with Gasteiger partial charge in [-0.05, 0) is 61.3 Å². The lowest BCUT2D eigenvalue weighted by Gasteiger charge is -2.18. The molecule has 1 aromatic rings. The molecular weight excluding hydrogens is 300 g/mol. The Balaban J connectivity index is 3.00. The summed E-state index contributed by atoms with van der Waals surface area (Å²) in [5.41, 5.74) is -0.184. The minimum absolute atomic E-state index is 0.0655. The largest absolute Gasteiger partial charge is 0.514 e. The lowest BCUT2D eigenvalue weighted by molar-refractivity contribution is 0.0204. The number of halogens is 1. The third-order valence-electron chi connectivity index (χ3n) is 1.88. The maximum Gasteiger partial charge on any atom is 0.514 e. The number of carbonyl (C=O) groups excluding carboxylic acids is 1. The Bertz CT molecular complexity index is 517. The van der Waals surface area contributed by atoms with Gasteiger partial charge in [-0.15, -0.1) is 0 Å². The van der Waals surface area contributed by atoms with Gasteiger partial charge in [0.25, 0.3) is 0 Å². The highest BCUT2D eigenvalue weighted by molar-refractivity contribution is 9.10. The summed E-state index contributed by atoms with van der Waals surface area (Å²) in [5, 5.41) is 0. The zero-order valence-corrected chi connectivity index (χ0v) is 12.3. The summed E-state index contributed by atoms with van der Waals surface area (Å²) in [6, 6.07) is 4.79. The predicted octanol–water partition coefficient (Wildman–Crippen LogP) is 3.43. The van der Waals surface area contributed by atoms with Crippen molar-refractivity contribution in [3.05, 3.63) is 38.5 Å². The molecule has 1 rings (SSSR count). The lowest BCUT2D eigenvalue weighted by Crippen LogP contribution is -2.27. The average molecular weight is 315 g/mol. The van der Waals surface area contributed by atoms with Crippen molar-refractivity contribution >= 4 is 22.1 Å². The Morgan fingerprint density at radius 3 is 2.44 bits per heavy atom. The van der Waals surface area contributed by atoms with Crippen molar-refractivity contribution in [2.75, 3.05) is 0 Å². The van der Waals surface area contributed by atoms with Crippen LogP contribution in [0.3, 0.4) is 0 Å². The molecule has 0 fully saturated rings. The van der Waals surface area contributed by atoms with Crippen LogP contribution in [0.2, 0.25) is 0 Å². The van der Waals surface area contributed by atoms with Crippen LogP contribution in [0.4, 0.5) is 4.79 Å². The highest BCUT2D eigenvalue weighted by Gasteiger charge is 2.19. The van der Waals surface area contributed by atoms with Crippen LogP contribution in [0, 0.1) is 6.92 Å². The number of hydrogen-bond donors (Lipinski definition) is 0. The highest BCUT2D eigenvalue weighted by atomic mass is 79.9. The standard InChI is InChI=1S/C13H15BrO4/c1-8-5-6-10(11(15)9(14)7-8)17-12(16)18-13(2,3)4/h5-7H,1-4H3. The normalized spacial score (nSPS) is 10.9. The van der Waals surface area contributed by atoms with E-state index < -0.39 is 17.2 Å². The second-order valence-electron chi connectivity index (χ2n) is 4.83. The van der Waals surface area contributed by atoms with E-state index in [1.807, 2.05) is 6.92 Å². The van der Waals surface area contributed by atoms with Gasteiger partial charge in [-0.3, -0.25) is 4.79 Å². The van der Waals surface area contributed by atoms with Gasteiger partial charge in [0.1, 0.15) is 5.60 Å². The Morgan fingerprint density at radius 2 is 1.89 bits per heavy atom. The van der Waals surface area contributed by atoms with Crippen molar-refractivity contribution in [1.82, 2.24) is 0 Å². The first-order chi connectivity index (χ1) is 8.19. The van der Waals surface area contributed by atoms with Crippen LogP contribution in [0.1, 0.15) is 26.3 Å². The number of ether oxygens (including phenoxy) is 2. The van der Waals surface area contributed by atoms with Gasteiger partial charge in [-0.1, -0.05) is 6.07 Å². The predicted molar refractivity (Wildman–Crippen MR) is 72.0 cm³/mol. The third-order valence-corrected chi connectivity index (χ3v) is 2.46. The molecule has 5 heteroatoms. The first-order valence-corrected chi connectivity index (χ1v) is 6.19. The molecule has 0 aliphatic carbocycles. The minimum Gasteiger partial charge on any atom is -0.428 e. The SMILES string of the molecule is Cc1ccc(OC(=O)OC(C)(C)C)c(=O)c(Br)c1. The van der Waals surface area contributed by atoms with Crippen molar-refractivity contribution in [3.8, 4) is 5.75 Å². The summed E-state index contributed by atoms with van der Waals surface area (Å²) in [4.78, 5) is 23.3. The molecule has 18 heavy (non-hydrogen) atoms. The molecule has 98 valence electrons. The number of rotatable bonds is 1. The van der Waals surface area contributed by atoms with E-state index >= 15 is 0 Å². The van der Waals surface area contributed by atoms with Crippen LogP contribution in [-0.2, 0) is 4.74 Å². The Kier molecular flexibility index (Phi) is 4.51. The van der Waals surface area contributed by atoms with Gasteiger partial charge in [-0.2, -0.15) is 0 Å². The van der Waals surface area contributed by atoms with Gasteiger partial charge >= 0.3 is 6.16 Å². The summed E-state index contributed by atoms with van der Waals surface area (Å²) in [7, 11) is 0. The summed E-state index contributed by atoms with van der Waals surface area (Å²) in [6.07, 6.45) is -0.893. The van der Waals surface area contributed by atoms with Crippen molar-refractivity contribution < 1.29 is 14.3 Å². The van der Waals surface area contributed by atoms with E-state index in [1.54, 1.807) is 32.9 Å². The molecule has 0 aliphatic rings. The second kappa shape index (κ2) is 5.52. The van der Waals surface area contributed by atoms with Crippen LogP contribution < -0.4 is 10.2 Å². The van der Waals surface area contributed by atoms with E-state index in [1.165, 1.54) is 6.07 Å². The lowest BCUT2D eigenvalue weighted by atomic mass is 10.2. The summed E-state index contributed by atoms with van der Waals surface area (Å²) in [5.74, 6) is -0.0655. The summed E-state index contributed by atoms with van der Waals surface area (Å²) >= 11 is 3.13. The van der Waals surface area contributed by atoms with Crippen LogP contribution >= 0.6 is 15.9 Å². The van der Waals surface area contributed by atoms with E-state index in [4.69, 9.17) is 9.47 Å². The van der Waals surface area contributed by atoms with E-state index in [0.29, 0.717) is 4.47 Å². The molecular formula is C13H15BrO4. The van der Waals surface area contributed by atoms with Crippen LogP contribution in [0.15, 0.2) is 27.5 Å². The highest BCUT2D eigenvalue weighted by Crippen LogP contribution is 2.14. The third kappa shape index (κ3) is 4.49. The molecule has 0 bridgehead atoms. The topological polar surface area (TPSA) is 52.6 Å². The molecule has 0 radical (unpaired) electrons. The van der Waals surface area contributed by atoms with Crippen molar-refractivity contribution in [3.63, 3.8) is 0 Å². The van der Waals surface area contributed by atoms with Crippen LogP contribution in [0.25, 0.3) is 0 Å². The first-order valence-electron chi connectivity index (χ1n) is 5.40. The molecule has 0 aliphatic heterocycles. The fourth-order valence-electron chi connectivity index (χ4n) is 1.16. The van der Waals surface area contributed by atoms with Crippen LogP contribution in [0.5, 0.6) is 5.75 Å². The van der Waals surface area contributed by atoms with Crippen molar-refractivity contribution in [2.24, 2.45) is 0 Å². The fraction of sp³-hybridized carbons (Fsp3) is 0.385. The van der Waals surface area contributed by atoms with Gasteiger partial charge < -0.3 is 9.47 Å². The molecule has 0 aromatic heterocycles. The second-order valence-corrected chi connectivity index (χ2v) is 5.68. The summed E-state index contributed by atoms with van der Waals surface area (Å²) < 4.78 is 10.2. The molecule has 0 spiro atoms. The quantitative estimate of drug-likeness (QED) is 0.745. The molecule has 0 amide bonds. The molecule has 0 atom stereocenters. The maximum absolute atomic E-state index is 11.8. The molecule has 0 saturated heterocycles. The van der Waals surface area contributed by atoms with Gasteiger partial charge in [0.15, 0.2) is 5.75 Å². The molecule has 0 N–H and O–H groups in total. The molecule has 1 aromatic carbocycles. The minimum atomic E-state index is -0.893. The zero-order chi connectivity index (χ0) is 13.9. The van der Waals surface area contributed by atoms with E-state index in [0.717, 1.165) is 5.56 Å². The Labute approximate surface area is 114 Å². The maximum atomic E-state index is 11.8. The first kappa shape index (κ1) is 14.7. The van der Waals surface area contributed by atoms with Gasteiger partial charge in [0, 0.05) is 0 Å². The van der Waals surface area contributed by atoms with Crippen molar-refractivity contribution in [1.29, 1.82) is 0 Å². The van der Waals surface area contributed by atoms with Gasteiger partial charge in [-0.25, -0.2) is 4.79 Å². The number of hydrogen-bond acceptors (Lipinski definition) is 4. The van der Waals surface area contributed by atoms with E-state index in [9.17, 15) is 9.59 Å². The van der Waals surface area contributed by atoms with Gasteiger partial charge in [0.05, 0.1) is 4.47 Å². The number of carbonyl (C=O) groups is 1. The monoisotopic (exact) mass is 314 g/mol. The fourth-order valence-corrected chi connectivity index (χ4v) is 1.71. The van der Waals surface area contributed by atoms with Gasteiger partial charge in [0.2, 0.25) is 5.43 Å². The Morgan fingerprint density at radius 1 is 1.28 bits per heavy atom. The van der Waals surface area contributed by atoms with Crippen LogP contribution in [-0.4, -0.2) is 11.8 Å². The van der Waals surface area contributed by atoms with E-state index in [2.05, 4.69) is 15.9 Å². The summed E-state index contributed by atoms with van der Waals surface area (Å²) in [6.45, 7) is 6.99. The van der Waals surface area contributed by atoms with E-state index in [-0.39, 0.29) is 5.75 Å².